The Kier molecular flexibility index (Phi) is 2.60. The van der Waals surface area contributed by atoms with Crippen LogP contribution in [-0.2, 0) is 4.79 Å². The molecule has 4 rings (SSSR count). The summed E-state index contributed by atoms with van der Waals surface area (Å²) in [5, 5.41) is 8.53. The first kappa shape index (κ1) is 11.4. The lowest BCUT2D eigenvalue weighted by molar-refractivity contribution is -0.136. The van der Waals surface area contributed by atoms with Gasteiger partial charge in [0, 0.05) is 18.5 Å². The van der Waals surface area contributed by atoms with Gasteiger partial charge in [0.25, 0.3) is 0 Å². The number of hydrogen-bond donors (Lipinski definition) is 0. The fourth-order valence-corrected chi connectivity index (χ4v) is 3.83. The summed E-state index contributed by atoms with van der Waals surface area (Å²) in [5.41, 5.74) is 0. The van der Waals surface area contributed by atoms with Crippen LogP contribution in [0.3, 0.4) is 0 Å². The zero-order chi connectivity index (χ0) is 12.8. The highest BCUT2D eigenvalue weighted by atomic mass is 16.2. The summed E-state index contributed by atoms with van der Waals surface area (Å²) < 4.78 is 0. The van der Waals surface area contributed by atoms with Gasteiger partial charge >= 0.3 is 0 Å². The summed E-state index contributed by atoms with van der Waals surface area (Å²) >= 11 is 0. The molecule has 2 aliphatic heterocycles. The van der Waals surface area contributed by atoms with Crippen LogP contribution >= 0.6 is 0 Å². The second-order valence-corrected chi connectivity index (χ2v) is 6.31. The van der Waals surface area contributed by atoms with Crippen LogP contribution in [-0.4, -0.2) is 37.9 Å². The minimum atomic E-state index is 0.387. The smallest absolute Gasteiger partial charge is 0.223 e. The lowest BCUT2D eigenvalue weighted by Gasteiger charge is -2.38. The molecule has 5 heteroatoms. The highest BCUT2D eigenvalue weighted by molar-refractivity contribution is 5.78. The predicted molar refractivity (Wildman–Crippen MR) is 69.3 cm³/mol. The van der Waals surface area contributed by atoms with Gasteiger partial charge in [-0.15, -0.1) is 0 Å². The number of carbonyl (C=O) groups excluding carboxylic acids is 1. The molecule has 5 nitrogen and oxygen atoms in total. The standard InChI is InChI=1S/C14H20N4O/c19-14(7-10-1-2-10)17-11-3-4-12(17)9-13(8-11)18-15-5-6-16-18/h5-6,10-13H,1-4,7-9H2. The van der Waals surface area contributed by atoms with Crippen molar-refractivity contribution in [2.75, 3.05) is 0 Å². The number of piperidine rings is 1. The average molecular weight is 260 g/mol. The topological polar surface area (TPSA) is 51.0 Å². The quantitative estimate of drug-likeness (QED) is 0.832. The molecule has 0 radical (unpaired) electrons. The number of nitrogens with zero attached hydrogens (tertiary/aromatic N) is 4. The van der Waals surface area contributed by atoms with Crippen molar-refractivity contribution < 1.29 is 4.79 Å². The monoisotopic (exact) mass is 260 g/mol. The van der Waals surface area contributed by atoms with Gasteiger partial charge in [-0.2, -0.15) is 15.0 Å². The number of rotatable bonds is 3. The van der Waals surface area contributed by atoms with Crippen molar-refractivity contribution in [2.24, 2.45) is 5.92 Å². The Hall–Kier alpha value is -1.39. The normalized spacial score (nSPS) is 33.7. The van der Waals surface area contributed by atoms with Gasteiger partial charge in [0.15, 0.2) is 0 Å². The van der Waals surface area contributed by atoms with E-state index in [1.165, 1.54) is 25.7 Å². The summed E-state index contributed by atoms with van der Waals surface area (Å²) in [6, 6.07) is 1.25. The summed E-state index contributed by atoms with van der Waals surface area (Å²) in [4.78, 5) is 16.4. The lowest BCUT2D eigenvalue weighted by Crippen LogP contribution is -2.47. The number of carbonyl (C=O) groups is 1. The van der Waals surface area contributed by atoms with Gasteiger partial charge in [0.05, 0.1) is 18.4 Å². The molecule has 3 aliphatic rings. The maximum Gasteiger partial charge on any atom is 0.223 e. The van der Waals surface area contributed by atoms with Crippen molar-refractivity contribution in [3.63, 3.8) is 0 Å². The second-order valence-electron chi connectivity index (χ2n) is 6.31. The van der Waals surface area contributed by atoms with Crippen LogP contribution in [0.1, 0.15) is 51.0 Å². The molecule has 2 atom stereocenters. The molecule has 1 aromatic rings. The summed E-state index contributed by atoms with van der Waals surface area (Å²) in [6.07, 6.45) is 11.2. The molecule has 1 saturated carbocycles. The summed E-state index contributed by atoms with van der Waals surface area (Å²) in [5.74, 6) is 1.10. The van der Waals surface area contributed by atoms with Gasteiger partial charge < -0.3 is 4.90 Å². The van der Waals surface area contributed by atoms with Crippen molar-refractivity contribution in [1.29, 1.82) is 0 Å². The van der Waals surface area contributed by atoms with E-state index in [0.29, 0.717) is 30.0 Å². The molecule has 1 amide bonds. The Balaban J connectivity index is 1.47. The van der Waals surface area contributed by atoms with E-state index in [9.17, 15) is 4.79 Å². The Morgan fingerprint density at radius 3 is 2.21 bits per heavy atom. The molecular formula is C14H20N4O. The zero-order valence-electron chi connectivity index (χ0n) is 11.1. The highest BCUT2D eigenvalue weighted by Crippen LogP contribution is 2.42. The number of aromatic nitrogens is 3. The minimum absolute atomic E-state index is 0.387. The molecule has 3 heterocycles. The number of hydrogen-bond acceptors (Lipinski definition) is 3. The first-order valence-corrected chi connectivity index (χ1v) is 7.48. The van der Waals surface area contributed by atoms with E-state index in [1.807, 2.05) is 4.80 Å². The van der Waals surface area contributed by atoms with Gasteiger partial charge in [0.2, 0.25) is 5.91 Å². The minimum Gasteiger partial charge on any atom is -0.337 e. The molecule has 2 saturated heterocycles. The largest absolute Gasteiger partial charge is 0.337 e. The first-order chi connectivity index (χ1) is 9.31. The van der Waals surface area contributed by atoms with Crippen molar-refractivity contribution >= 4 is 5.91 Å². The molecule has 1 aromatic heterocycles. The van der Waals surface area contributed by atoms with Crippen molar-refractivity contribution in [3.05, 3.63) is 12.4 Å². The molecule has 2 unspecified atom stereocenters. The van der Waals surface area contributed by atoms with Crippen LogP contribution in [0.5, 0.6) is 0 Å². The van der Waals surface area contributed by atoms with Gasteiger partial charge in [-0.25, -0.2) is 0 Å². The molecule has 102 valence electrons. The van der Waals surface area contributed by atoms with E-state index >= 15 is 0 Å². The van der Waals surface area contributed by atoms with Crippen LogP contribution in [0.25, 0.3) is 0 Å². The van der Waals surface area contributed by atoms with Gasteiger partial charge in [-0.3, -0.25) is 4.79 Å². The maximum atomic E-state index is 12.4. The third-order valence-electron chi connectivity index (χ3n) is 4.92. The van der Waals surface area contributed by atoms with Crippen molar-refractivity contribution in [2.45, 2.75) is 63.1 Å². The Morgan fingerprint density at radius 1 is 1.00 bits per heavy atom. The molecule has 19 heavy (non-hydrogen) atoms. The molecule has 0 N–H and O–H groups in total. The van der Waals surface area contributed by atoms with Crippen molar-refractivity contribution in [1.82, 2.24) is 19.9 Å². The van der Waals surface area contributed by atoms with E-state index in [0.717, 1.165) is 19.3 Å². The van der Waals surface area contributed by atoms with E-state index in [-0.39, 0.29) is 0 Å². The average Bonchev–Trinajstić information content (AvgIpc) is 2.97. The van der Waals surface area contributed by atoms with E-state index in [2.05, 4.69) is 15.1 Å². The summed E-state index contributed by atoms with van der Waals surface area (Å²) in [6.45, 7) is 0. The Labute approximate surface area is 113 Å². The SMILES string of the molecule is O=C(CC1CC1)N1C2CCC1CC(n1nccn1)C2. The number of amides is 1. The van der Waals surface area contributed by atoms with Gasteiger partial charge in [-0.05, 0) is 44.4 Å². The molecule has 3 fully saturated rings. The molecule has 2 bridgehead atoms. The first-order valence-electron chi connectivity index (χ1n) is 7.48. The molecule has 0 aromatic carbocycles. The van der Waals surface area contributed by atoms with Gasteiger partial charge in [0.1, 0.15) is 0 Å². The van der Waals surface area contributed by atoms with Crippen molar-refractivity contribution in [3.8, 4) is 0 Å². The van der Waals surface area contributed by atoms with E-state index in [4.69, 9.17) is 0 Å². The molecule has 0 spiro atoms. The van der Waals surface area contributed by atoms with Crippen LogP contribution in [0.15, 0.2) is 12.4 Å². The fourth-order valence-electron chi connectivity index (χ4n) is 3.83. The second kappa shape index (κ2) is 4.32. The fraction of sp³-hybridized carbons (Fsp3) is 0.786. The van der Waals surface area contributed by atoms with Crippen LogP contribution < -0.4 is 0 Å². The van der Waals surface area contributed by atoms with E-state index in [1.54, 1.807) is 12.4 Å². The highest BCUT2D eigenvalue weighted by Gasteiger charge is 2.44. The maximum absolute atomic E-state index is 12.4. The Bertz CT molecular complexity index is 454. The Morgan fingerprint density at radius 2 is 1.63 bits per heavy atom. The van der Waals surface area contributed by atoms with Crippen LogP contribution in [0.4, 0.5) is 0 Å². The number of fused-ring (bicyclic) bond motifs is 2. The molecule has 1 aliphatic carbocycles. The zero-order valence-corrected chi connectivity index (χ0v) is 11.1. The van der Waals surface area contributed by atoms with Crippen LogP contribution in [0, 0.1) is 5.92 Å². The predicted octanol–water partition coefficient (Wildman–Crippen LogP) is 1.77. The molecular weight excluding hydrogens is 240 g/mol. The van der Waals surface area contributed by atoms with Gasteiger partial charge in [-0.1, -0.05) is 0 Å². The third kappa shape index (κ3) is 2.05. The third-order valence-corrected chi connectivity index (χ3v) is 4.92. The summed E-state index contributed by atoms with van der Waals surface area (Å²) in [7, 11) is 0. The van der Waals surface area contributed by atoms with Crippen LogP contribution in [0.2, 0.25) is 0 Å². The van der Waals surface area contributed by atoms with E-state index < -0.39 is 0 Å². The lowest BCUT2D eigenvalue weighted by atomic mass is 9.97.